The van der Waals surface area contributed by atoms with E-state index in [1.165, 1.54) is 17.0 Å². The Hall–Kier alpha value is -1.84. The number of ketones is 1. The second-order valence-electron chi connectivity index (χ2n) is 7.78. The molecule has 2 amide bonds. The summed E-state index contributed by atoms with van der Waals surface area (Å²) in [5.74, 6) is -2.06. The van der Waals surface area contributed by atoms with Crippen molar-refractivity contribution in [3.63, 3.8) is 0 Å². The first-order valence-corrected chi connectivity index (χ1v) is 12.6. The van der Waals surface area contributed by atoms with Crippen molar-refractivity contribution in [2.75, 3.05) is 11.5 Å². The summed E-state index contributed by atoms with van der Waals surface area (Å²) in [6.45, 7) is -0.379. The van der Waals surface area contributed by atoms with E-state index < -0.39 is 5.97 Å². The summed E-state index contributed by atoms with van der Waals surface area (Å²) in [7, 11) is 0. The molecule has 6 nitrogen and oxygen atoms in total. The Balaban J connectivity index is 1.41. The van der Waals surface area contributed by atoms with Crippen LogP contribution in [0.3, 0.4) is 0 Å². The minimum Gasteiger partial charge on any atom is -0.454 e. The number of ether oxygens (including phenoxy) is 1. The van der Waals surface area contributed by atoms with E-state index in [1.54, 1.807) is 36.4 Å². The van der Waals surface area contributed by atoms with Gasteiger partial charge in [-0.15, -0.1) is 0 Å². The first-order valence-electron chi connectivity index (χ1n) is 9.98. The molecule has 2 aromatic rings. The van der Waals surface area contributed by atoms with Crippen molar-refractivity contribution >= 4 is 77.0 Å². The van der Waals surface area contributed by atoms with Gasteiger partial charge in [0.1, 0.15) is 0 Å². The lowest BCUT2D eigenvalue weighted by Crippen LogP contribution is -2.34. The minimum absolute atomic E-state index is 0.137. The second-order valence-corrected chi connectivity index (χ2v) is 11.0. The Morgan fingerprint density at radius 2 is 1.34 bits per heavy atom. The van der Waals surface area contributed by atoms with Crippen LogP contribution in [0.2, 0.25) is 0 Å². The van der Waals surface area contributed by atoms with Gasteiger partial charge in [-0.05, 0) is 49.2 Å². The quantitative estimate of drug-likeness (QED) is 0.204. The summed E-state index contributed by atoms with van der Waals surface area (Å²) in [5.41, 5.74) is 1.10. The van der Waals surface area contributed by atoms with E-state index in [2.05, 4.69) is 47.8 Å². The molecule has 4 rings (SSSR count). The summed E-state index contributed by atoms with van der Waals surface area (Å²) in [6.07, 6.45) is 1.19. The predicted octanol–water partition coefficient (Wildman–Crippen LogP) is 4.92. The van der Waals surface area contributed by atoms with Crippen molar-refractivity contribution in [3.05, 3.63) is 64.1 Å². The molecule has 0 bridgehead atoms. The normalized spacial score (nSPS) is 24.9. The van der Waals surface area contributed by atoms with Crippen molar-refractivity contribution < 1.29 is 23.9 Å². The van der Waals surface area contributed by atoms with Gasteiger partial charge in [-0.3, -0.25) is 19.3 Å². The number of Topliss-reactive ketones (excluding diaryl/α,β-unsaturated/α-hetero) is 1. The number of alkyl halides is 2. The number of halogens is 3. The third-order valence-electron chi connectivity index (χ3n) is 5.77. The predicted molar refractivity (Wildman–Crippen MR) is 129 cm³/mol. The van der Waals surface area contributed by atoms with Crippen molar-refractivity contribution in [2.45, 2.75) is 22.5 Å². The number of carbonyl (C=O) groups is 4. The molecule has 0 unspecified atom stereocenters. The van der Waals surface area contributed by atoms with Gasteiger partial charge >= 0.3 is 5.97 Å². The molecule has 32 heavy (non-hydrogen) atoms. The Bertz CT molecular complexity index is 1040. The molecule has 1 saturated carbocycles. The van der Waals surface area contributed by atoms with E-state index in [9.17, 15) is 19.2 Å². The number of hydrogen-bond acceptors (Lipinski definition) is 5. The Kier molecular flexibility index (Phi) is 6.97. The van der Waals surface area contributed by atoms with Gasteiger partial charge < -0.3 is 4.74 Å². The molecule has 2 fully saturated rings. The topological polar surface area (TPSA) is 80.8 Å². The zero-order valence-corrected chi connectivity index (χ0v) is 21.4. The summed E-state index contributed by atoms with van der Waals surface area (Å²) >= 11 is 10.5. The van der Waals surface area contributed by atoms with Crippen LogP contribution in [-0.2, 0) is 14.3 Å². The maximum atomic E-state index is 12.9. The molecular weight excluding hydrogens is 610 g/mol. The lowest BCUT2D eigenvalue weighted by Gasteiger charge is -2.29. The fourth-order valence-corrected chi connectivity index (χ4v) is 5.53. The summed E-state index contributed by atoms with van der Waals surface area (Å²) in [5, 5.41) is 0. The van der Waals surface area contributed by atoms with Gasteiger partial charge in [0.15, 0.2) is 12.4 Å². The molecule has 2 aromatic carbocycles. The molecule has 2 aliphatic rings. The number of benzene rings is 2. The first kappa shape index (κ1) is 23.3. The maximum Gasteiger partial charge on any atom is 0.338 e. The van der Waals surface area contributed by atoms with E-state index >= 15 is 0 Å². The number of fused-ring (bicyclic) bond motifs is 1. The highest BCUT2D eigenvalue weighted by atomic mass is 79.9. The molecule has 4 atom stereocenters. The summed E-state index contributed by atoms with van der Waals surface area (Å²) in [4.78, 5) is 51.8. The van der Waals surface area contributed by atoms with Crippen LogP contribution in [0.15, 0.2) is 53.0 Å². The van der Waals surface area contributed by atoms with Crippen LogP contribution in [0.1, 0.15) is 33.6 Å². The molecule has 1 saturated heterocycles. The molecule has 9 heteroatoms. The monoisotopic (exact) mass is 625 g/mol. The van der Waals surface area contributed by atoms with Crippen LogP contribution < -0.4 is 4.90 Å². The minimum atomic E-state index is -0.654. The fourth-order valence-electron chi connectivity index (χ4n) is 4.03. The number of nitrogens with zero attached hydrogens (tertiary/aromatic N) is 1. The lowest BCUT2D eigenvalue weighted by molar-refractivity contribution is -0.122. The molecule has 166 valence electrons. The zero-order chi connectivity index (χ0) is 23.0. The van der Waals surface area contributed by atoms with Crippen molar-refractivity contribution in [1.29, 1.82) is 0 Å². The maximum absolute atomic E-state index is 12.9. The van der Waals surface area contributed by atoms with Gasteiger partial charge in [-0.1, -0.05) is 59.9 Å². The Labute approximate surface area is 210 Å². The average molecular weight is 628 g/mol. The van der Waals surface area contributed by atoms with E-state index in [0.717, 1.165) is 4.47 Å². The SMILES string of the molecule is O=C(COC(=O)c1ccc(N2C(=O)[C@@H]3C[C@H](Br)[C@@H](Br)C[C@H]3C2=O)cc1)c1ccc(Br)cc1. The van der Waals surface area contributed by atoms with Crippen LogP contribution in [0.4, 0.5) is 5.69 Å². The molecular formula is C23H18Br3NO5. The van der Waals surface area contributed by atoms with Crippen LogP contribution in [0.25, 0.3) is 0 Å². The summed E-state index contributed by atoms with van der Waals surface area (Å²) < 4.78 is 5.97. The number of esters is 1. The molecule has 1 aliphatic carbocycles. The van der Waals surface area contributed by atoms with Gasteiger partial charge in [0, 0.05) is 19.7 Å². The van der Waals surface area contributed by atoms with Crippen molar-refractivity contribution in [3.8, 4) is 0 Å². The molecule has 1 aliphatic heterocycles. The average Bonchev–Trinajstić information content (AvgIpc) is 3.02. The molecule has 0 N–H and O–H groups in total. The number of rotatable bonds is 5. The smallest absolute Gasteiger partial charge is 0.338 e. The largest absolute Gasteiger partial charge is 0.454 e. The third-order valence-corrected chi connectivity index (χ3v) is 9.04. The van der Waals surface area contributed by atoms with Gasteiger partial charge in [-0.2, -0.15) is 0 Å². The Morgan fingerprint density at radius 1 is 0.844 bits per heavy atom. The van der Waals surface area contributed by atoms with Gasteiger partial charge in [-0.25, -0.2) is 4.79 Å². The van der Waals surface area contributed by atoms with E-state index in [1.807, 2.05) is 0 Å². The molecule has 0 radical (unpaired) electrons. The van der Waals surface area contributed by atoms with Crippen LogP contribution in [-0.4, -0.2) is 39.8 Å². The number of anilines is 1. The van der Waals surface area contributed by atoms with Crippen LogP contribution in [0, 0.1) is 11.8 Å². The van der Waals surface area contributed by atoms with Crippen LogP contribution in [0.5, 0.6) is 0 Å². The molecule has 0 aromatic heterocycles. The third kappa shape index (κ3) is 4.61. The van der Waals surface area contributed by atoms with E-state index in [-0.39, 0.29) is 51.3 Å². The molecule has 1 heterocycles. The van der Waals surface area contributed by atoms with Gasteiger partial charge in [0.05, 0.1) is 23.1 Å². The van der Waals surface area contributed by atoms with E-state index in [4.69, 9.17) is 4.74 Å². The van der Waals surface area contributed by atoms with Crippen LogP contribution >= 0.6 is 47.8 Å². The van der Waals surface area contributed by atoms with Gasteiger partial charge in [0.2, 0.25) is 11.8 Å². The van der Waals surface area contributed by atoms with Gasteiger partial charge in [0.25, 0.3) is 0 Å². The highest BCUT2D eigenvalue weighted by Crippen LogP contribution is 2.44. The zero-order valence-electron chi connectivity index (χ0n) is 16.7. The number of amides is 2. The van der Waals surface area contributed by atoms with Crippen molar-refractivity contribution in [2.24, 2.45) is 11.8 Å². The standard InChI is InChI=1S/C23H18Br3NO5/c24-14-5-1-12(2-6-14)20(28)11-32-23(31)13-3-7-15(8-4-13)27-21(29)16-9-18(25)19(26)10-17(16)22(27)30/h1-8,16-19H,9-11H2/t16-,17-,18+,19+/m1/s1. The summed E-state index contributed by atoms with van der Waals surface area (Å²) in [6, 6.07) is 12.9. The first-order chi connectivity index (χ1) is 15.3. The van der Waals surface area contributed by atoms with Crippen molar-refractivity contribution in [1.82, 2.24) is 0 Å². The number of imide groups is 1. The highest BCUT2D eigenvalue weighted by Gasteiger charge is 2.52. The Morgan fingerprint density at radius 3 is 1.88 bits per heavy atom. The number of hydrogen-bond donors (Lipinski definition) is 0. The fraction of sp³-hybridized carbons (Fsp3) is 0.304. The molecule has 0 spiro atoms. The van der Waals surface area contributed by atoms with E-state index in [0.29, 0.717) is 24.1 Å². The number of carbonyl (C=O) groups excluding carboxylic acids is 4. The second kappa shape index (κ2) is 9.57. The lowest BCUT2D eigenvalue weighted by atomic mass is 9.81. The highest BCUT2D eigenvalue weighted by molar-refractivity contribution is 9.12.